The molecule has 0 radical (unpaired) electrons. The van der Waals surface area contributed by atoms with Crippen molar-refractivity contribution in [3.8, 4) is 0 Å². The van der Waals surface area contributed by atoms with E-state index >= 15 is 0 Å². The first kappa shape index (κ1) is 17.3. The maximum atomic E-state index is 12.6. The van der Waals surface area contributed by atoms with Crippen LogP contribution in [0.1, 0.15) is 48.0 Å². The Morgan fingerprint density at radius 2 is 2.24 bits per heavy atom. The zero-order chi connectivity index (χ0) is 18.0. The Morgan fingerprint density at radius 3 is 2.88 bits per heavy atom. The van der Waals surface area contributed by atoms with Gasteiger partial charge in [-0.1, -0.05) is 5.16 Å². The second kappa shape index (κ2) is 7.18. The number of hydrogen-bond donors (Lipinski definition) is 1. The normalized spacial score (nSPS) is 17.6. The van der Waals surface area contributed by atoms with Gasteiger partial charge in [0.2, 0.25) is 0 Å². The largest absolute Gasteiger partial charge is 0.346 e. The minimum Gasteiger partial charge on any atom is -0.341 e. The summed E-state index contributed by atoms with van der Waals surface area (Å²) in [5, 5.41) is 11.6. The Bertz CT molecular complexity index is 798. The van der Waals surface area contributed by atoms with Crippen LogP contribution in [0.2, 0.25) is 0 Å². The first-order valence-corrected chi connectivity index (χ1v) is 8.43. The molecule has 1 saturated heterocycles. The van der Waals surface area contributed by atoms with Crippen LogP contribution in [-0.4, -0.2) is 62.5 Å². The van der Waals surface area contributed by atoms with Crippen molar-refractivity contribution in [1.29, 1.82) is 0 Å². The molecule has 0 unspecified atom stereocenters. The van der Waals surface area contributed by atoms with Crippen LogP contribution in [0.15, 0.2) is 9.32 Å². The number of carbonyl (C=O) groups is 1. The molecule has 1 atom stereocenters. The van der Waals surface area contributed by atoms with E-state index in [-0.39, 0.29) is 35.8 Å². The van der Waals surface area contributed by atoms with E-state index in [1.165, 1.54) is 9.58 Å². The number of carbonyl (C=O) groups excluding carboxylic acids is 1. The van der Waals surface area contributed by atoms with Crippen molar-refractivity contribution in [1.82, 2.24) is 34.7 Å². The Labute approximate surface area is 144 Å². The smallest absolute Gasteiger partial charge is 0.341 e. The van der Waals surface area contributed by atoms with Crippen molar-refractivity contribution in [3.05, 3.63) is 28.0 Å². The van der Waals surface area contributed by atoms with E-state index in [0.29, 0.717) is 6.54 Å². The van der Waals surface area contributed by atoms with Gasteiger partial charge in [-0.15, -0.1) is 0 Å². The molecule has 0 spiro atoms. The monoisotopic (exact) mass is 349 g/mol. The van der Waals surface area contributed by atoms with Gasteiger partial charge in [-0.25, -0.2) is 9.48 Å². The molecule has 0 bridgehead atoms. The van der Waals surface area contributed by atoms with Crippen LogP contribution in [0.3, 0.4) is 0 Å². The van der Waals surface area contributed by atoms with Crippen LogP contribution in [-0.2, 0) is 13.1 Å². The molecule has 1 aliphatic heterocycles. The quantitative estimate of drug-likeness (QED) is 0.786. The van der Waals surface area contributed by atoms with E-state index in [1.54, 1.807) is 18.7 Å². The average Bonchev–Trinajstić information content (AvgIpc) is 3.20. The molecule has 2 aromatic rings. The maximum absolute atomic E-state index is 12.6. The molecule has 0 saturated carbocycles. The van der Waals surface area contributed by atoms with E-state index < -0.39 is 0 Å². The lowest BCUT2D eigenvalue weighted by atomic mass is 9.99. The second-order valence-corrected chi connectivity index (χ2v) is 6.30. The highest BCUT2D eigenvalue weighted by atomic mass is 16.5. The summed E-state index contributed by atoms with van der Waals surface area (Å²) < 4.78 is 7.99. The number of aromatic nitrogens is 5. The molecule has 2 aromatic heterocycles. The van der Waals surface area contributed by atoms with Crippen molar-refractivity contribution in [2.75, 3.05) is 27.2 Å². The summed E-state index contributed by atoms with van der Waals surface area (Å²) in [6, 6.07) is 0. The molecule has 0 aliphatic carbocycles. The summed E-state index contributed by atoms with van der Waals surface area (Å²) in [4.78, 5) is 29.8. The van der Waals surface area contributed by atoms with Crippen LogP contribution in [0.4, 0.5) is 0 Å². The number of nitrogens with one attached hydrogen (secondary N) is 1. The van der Waals surface area contributed by atoms with Crippen LogP contribution >= 0.6 is 0 Å². The lowest BCUT2D eigenvalue weighted by Gasteiger charge is -2.21. The van der Waals surface area contributed by atoms with Crippen LogP contribution < -0.4 is 11.0 Å². The zero-order valence-corrected chi connectivity index (χ0v) is 14.7. The first-order valence-electron chi connectivity index (χ1n) is 8.43. The fourth-order valence-electron chi connectivity index (χ4n) is 2.96. The molecule has 1 fully saturated rings. The van der Waals surface area contributed by atoms with Crippen LogP contribution in [0.5, 0.6) is 0 Å². The van der Waals surface area contributed by atoms with Gasteiger partial charge in [0.25, 0.3) is 0 Å². The summed E-state index contributed by atoms with van der Waals surface area (Å²) in [7, 11) is 3.20. The molecular formula is C15H23N7O3. The van der Waals surface area contributed by atoms with Crippen molar-refractivity contribution in [3.63, 3.8) is 0 Å². The van der Waals surface area contributed by atoms with E-state index in [1.807, 2.05) is 6.92 Å². The molecule has 0 aromatic carbocycles. The highest BCUT2D eigenvalue weighted by molar-refractivity contribution is 5.89. The Balaban J connectivity index is 1.84. The number of piperidine rings is 1. The third kappa shape index (κ3) is 3.48. The summed E-state index contributed by atoms with van der Waals surface area (Å²) >= 11 is 0. The van der Waals surface area contributed by atoms with Gasteiger partial charge in [0.15, 0.2) is 5.82 Å². The summed E-state index contributed by atoms with van der Waals surface area (Å²) in [6.07, 6.45) is 2.07. The SMILES string of the molecule is CCn1c([C@H]2CCCNC2)nn(Cc2noc(C(=O)N(C)C)n2)c1=O. The van der Waals surface area contributed by atoms with Crippen LogP contribution in [0, 0.1) is 0 Å². The minimum atomic E-state index is -0.376. The van der Waals surface area contributed by atoms with Gasteiger partial charge in [0.05, 0.1) is 0 Å². The molecule has 1 N–H and O–H groups in total. The second-order valence-electron chi connectivity index (χ2n) is 6.30. The molecule has 3 rings (SSSR count). The topological polar surface area (TPSA) is 111 Å². The maximum Gasteiger partial charge on any atom is 0.346 e. The average molecular weight is 349 g/mol. The minimum absolute atomic E-state index is 0.0726. The zero-order valence-electron chi connectivity index (χ0n) is 14.7. The number of rotatable bonds is 5. The van der Waals surface area contributed by atoms with Gasteiger partial charge in [0, 0.05) is 33.1 Å². The molecule has 3 heterocycles. The predicted octanol–water partition coefficient (Wildman–Crippen LogP) is -0.335. The fourth-order valence-corrected chi connectivity index (χ4v) is 2.96. The number of nitrogens with zero attached hydrogens (tertiary/aromatic N) is 6. The standard InChI is InChI=1S/C15H23N7O3/c1-4-21-12(10-6-5-7-16-8-10)18-22(15(21)24)9-11-17-13(25-19-11)14(23)20(2)3/h10,16H,4-9H2,1-3H3/t10-/m0/s1. The highest BCUT2D eigenvalue weighted by Gasteiger charge is 2.24. The lowest BCUT2D eigenvalue weighted by Crippen LogP contribution is -2.31. The van der Waals surface area contributed by atoms with Crippen molar-refractivity contribution >= 4 is 5.91 Å². The van der Waals surface area contributed by atoms with Crippen LogP contribution in [0.25, 0.3) is 0 Å². The van der Waals surface area contributed by atoms with E-state index in [2.05, 4.69) is 20.6 Å². The van der Waals surface area contributed by atoms with E-state index in [0.717, 1.165) is 31.8 Å². The van der Waals surface area contributed by atoms with Gasteiger partial charge < -0.3 is 14.7 Å². The van der Waals surface area contributed by atoms with Gasteiger partial charge in [-0.2, -0.15) is 10.1 Å². The number of hydrogen-bond acceptors (Lipinski definition) is 7. The van der Waals surface area contributed by atoms with Gasteiger partial charge in [-0.3, -0.25) is 9.36 Å². The molecule has 25 heavy (non-hydrogen) atoms. The van der Waals surface area contributed by atoms with Gasteiger partial charge in [0.1, 0.15) is 12.4 Å². The molecular weight excluding hydrogens is 326 g/mol. The third-order valence-corrected chi connectivity index (χ3v) is 4.28. The van der Waals surface area contributed by atoms with E-state index in [4.69, 9.17) is 4.52 Å². The summed E-state index contributed by atoms with van der Waals surface area (Å²) in [5.41, 5.74) is -0.201. The third-order valence-electron chi connectivity index (χ3n) is 4.28. The van der Waals surface area contributed by atoms with E-state index in [9.17, 15) is 9.59 Å². The number of amides is 1. The molecule has 10 nitrogen and oxygen atoms in total. The highest BCUT2D eigenvalue weighted by Crippen LogP contribution is 2.20. The first-order chi connectivity index (χ1) is 12.0. The Hall–Kier alpha value is -2.49. The lowest BCUT2D eigenvalue weighted by molar-refractivity contribution is 0.0779. The van der Waals surface area contributed by atoms with Crippen molar-refractivity contribution in [2.24, 2.45) is 0 Å². The van der Waals surface area contributed by atoms with Crippen molar-refractivity contribution < 1.29 is 9.32 Å². The molecule has 1 aliphatic rings. The molecule has 136 valence electrons. The van der Waals surface area contributed by atoms with Gasteiger partial charge in [-0.05, 0) is 26.3 Å². The summed E-state index contributed by atoms with van der Waals surface area (Å²) in [5.74, 6) is 0.784. The predicted molar refractivity (Wildman–Crippen MR) is 88.4 cm³/mol. The molecule has 1 amide bonds. The van der Waals surface area contributed by atoms with Crippen molar-refractivity contribution in [2.45, 2.75) is 38.8 Å². The van der Waals surface area contributed by atoms with Gasteiger partial charge >= 0.3 is 17.5 Å². The fraction of sp³-hybridized carbons (Fsp3) is 0.667. The Kier molecular flexibility index (Phi) is 4.98. The Morgan fingerprint density at radius 1 is 1.44 bits per heavy atom. The molecule has 10 heteroatoms. The summed E-state index contributed by atoms with van der Waals surface area (Å²) in [6.45, 7) is 4.37.